The molecule has 0 spiro atoms. The molecule has 2 aliphatic heterocycles. The van der Waals surface area contributed by atoms with Gasteiger partial charge in [0.15, 0.2) is 0 Å². The molecule has 2 fully saturated rings. The Morgan fingerprint density at radius 1 is 1.07 bits per heavy atom. The largest absolute Gasteiger partial charge is 0.344 e. The highest BCUT2D eigenvalue weighted by Crippen LogP contribution is 2.32. The van der Waals surface area contributed by atoms with Crippen LogP contribution in [0, 0.1) is 0 Å². The standard InChI is InChI=1S/C18H23F2N3O2S.ClH/c19-18(20)6-11-22(12-7-18)26(24,25)16-2-1-14-5-10-23(17(14)13-16)15-3-8-21-9-4-15;/h1-2,5,10,13,15,21H,3-4,6-9,11-12H2;1H. The third-order valence-corrected chi connectivity index (χ3v) is 7.38. The second-order valence-electron chi connectivity index (χ2n) is 7.18. The van der Waals surface area contributed by atoms with E-state index in [4.69, 9.17) is 0 Å². The first kappa shape index (κ1) is 20.5. The fraction of sp³-hybridized carbons (Fsp3) is 0.556. The van der Waals surface area contributed by atoms with Crippen molar-refractivity contribution < 1.29 is 17.2 Å². The van der Waals surface area contributed by atoms with Gasteiger partial charge in [0.05, 0.1) is 4.90 Å². The molecule has 3 heterocycles. The van der Waals surface area contributed by atoms with Gasteiger partial charge in [-0.3, -0.25) is 0 Å². The monoisotopic (exact) mass is 419 g/mol. The van der Waals surface area contributed by atoms with Crippen LogP contribution in [0.2, 0.25) is 0 Å². The Hall–Kier alpha value is -1.22. The van der Waals surface area contributed by atoms with Gasteiger partial charge in [0.1, 0.15) is 0 Å². The van der Waals surface area contributed by atoms with Gasteiger partial charge in [-0.05, 0) is 49.5 Å². The average molecular weight is 420 g/mol. The van der Waals surface area contributed by atoms with Gasteiger partial charge in [0.25, 0.3) is 5.92 Å². The lowest BCUT2D eigenvalue weighted by Gasteiger charge is -2.31. The van der Waals surface area contributed by atoms with Crippen molar-refractivity contribution in [3.63, 3.8) is 0 Å². The van der Waals surface area contributed by atoms with Crippen LogP contribution in [0.4, 0.5) is 8.78 Å². The van der Waals surface area contributed by atoms with Crippen LogP contribution < -0.4 is 5.32 Å². The van der Waals surface area contributed by atoms with Crippen molar-refractivity contribution in [3.05, 3.63) is 30.5 Å². The van der Waals surface area contributed by atoms with Crippen molar-refractivity contribution in [1.82, 2.24) is 14.2 Å². The predicted molar refractivity (Wildman–Crippen MR) is 103 cm³/mol. The average Bonchev–Trinajstić information content (AvgIpc) is 3.05. The maximum Gasteiger partial charge on any atom is 0.250 e. The van der Waals surface area contributed by atoms with E-state index in [1.165, 1.54) is 4.31 Å². The van der Waals surface area contributed by atoms with Gasteiger partial charge in [0.2, 0.25) is 10.0 Å². The van der Waals surface area contributed by atoms with Crippen LogP contribution in [0.5, 0.6) is 0 Å². The molecule has 0 saturated carbocycles. The summed E-state index contributed by atoms with van der Waals surface area (Å²) in [5.41, 5.74) is 0.889. The highest BCUT2D eigenvalue weighted by atomic mass is 35.5. The molecule has 150 valence electrons. The van der Waals surface area contributed by atoms with E-state index in [9.17, 15) is 17.2 Å². The Labute approximate surface area is 164 Å². The summed E-state index contributed by atoms with van der Waals surface area (Å²) in [5, 5.41) is 4.33. The molecule has 2 aliphatic rings. The fourth-order valence-electron chi connectivity index (χ4n) is 3.90. The molecule has 0 atom stereocenters. The molecular formula is C18H24ClF2N3O2S. The van der Waals surface area contributed by atoms with E-state index in [2.05, 4.69) is 9.88 Å². The van der Waals surface area contributed by atoms with Crippen LogP contribution in [-0.2, 0) is 10.0 Å². The lowest BCUT2D eigenvalue weighted by molar-refractivity contribution is -0.0412. The SMILES string of the molecule is Cl.O=S(=O)(c1ccc2ccn(C3CCNCC3)c2c1)N1CCC(F)(F)CC1. The Balaban J connectivity index is 0.00000210. The van der Waals surface area contributed by atoms with Crippen LogP contribution in [0.3, 0.4) is 0 Å². The van der Waals surface area contributed by atoms with E-state index < -0.39 is 28.8 Å². The van der Waals surface area contributed by atoms with Crippen molar-refractivity contribution in [2.24, 2.45) is 0 Å². The van der Waals surface area contributed by atoms with Crippen molar-refractivity contribution in [3.8, 4) is 0 Å². The number of alkyl halides is 2. The first-order chi connectivity index (χ1) is 12.4. The molecular weight excluding hydrogens is 396 g/mol. The molecule has 1 aromatic heterocycles. The fourth-order valence-corrected chi connectivity index (χ4v) is 5.36. The van der Waals surface area contributed by atoms with Crippen molar-refractivity contribution >= 4 is 33.3 Å². The van der Waals surface area contributed by atoms with Gasteiger partial charge in [-0.2, -0.15) is 4.31 Å². The van der Waals surface area contributed by atoms with Gasteiger partial charge in [0, 0.05) is 43.7 Å². The third kappa shape index (κ3) is 3.99. The molecule has 0 aliphatic carbocycles. The Kier molecular flexibility index (Phi) is 5.82. The van der Waals surface area contributed by atoms with Crippen molar-refractivity contribution in [2.45, 2.75) is 42.5 Å². The van der Waals surface area contributed by atoms with Gasteiger partial charge in [-0.25, -0.2) is 17.2 Å². The maximum atomic E-state index is 13.4. The summed E-state index contributed by atoms with van der Waals surface area (Å²) in [6.45, 7) is 1.62. The molecule has 1 N–H and O–H groups in total. The molecule has 1 aromatic carbocycles. The van der Waals surface area contributed by atoms with Gasteiger partial charge >= 0.3 is 0 Å². The van der Waals surface area contributed by atoms with E-state index in [0.29, 0.717) is 6.04 Å². The number of benzene rings is 1. The Bertz CT molecular complexity index is 900. The van der Waals surface area contributed by atoms with E-state index >= 15 is 0 Å². The number of rotatable bonds is 3. The molecule has 9 heteroatoms. The summed E-state index contributed by atoms with van der Waals surface area (Å²) in [7, 11) is -3.75. The summed E-state index contributed by atoms with van der Waals surface area (Å²) >= 11 is 0. The maximum absolute atomic E-state index is 13.4. The zero-order chi connectivity index (χ0) is 18.4. The number of aromatic nitrogens is 1. The van der Waals surface area contributed by atoms with Crippen molar-refractivity contribution in [2.75, 3.05) is 26.2 Å². The van der Waals surface area contributed by atoms with Crippen LogP contribution in [-0.4, -0.2) is 49.4 Å². The summed E-state index contributed by atoms with van der Waals surface area (Å²) in [6, 6.07) is 7.42. The van der Waals surface area contributed by atoms with Gasteiger partial charge in [-0.1, -0.05) is 6.07 Å². The number of nitrogens with one attached hydrogen (secondary N) is 1. The molecule has 0 radical (unpaired) electrons. The Morgan fingerprint density at radius 3 is 2.41 bits per heavy atom. The number of piperidine rings is 2. The summed E-state index contributed by atoms with van der Waals surface area (Å²) in [6.07, 6.45) is 3.18. The predicted octanol–water partition coefficient (Wildman–Crippen LogP) is 3.41. The quantitative estimate of drug-likeness (QED) is 0.829. The topological polar surface area (TPSA) is 54.3 Å². The van der Waals surface area contributed by atoms with Crippen LogP contribution in [0.15, 0.2) is 35.4 Å². The zero-order valence-corrected chi connectivity index (χ0v) is 16.5. The molecule has 5 nitrogen and oxygen atoms in total. The minimum atomic E-state index is -3.75. The Morgan fingerprint density at radius 2 is 1.74 bits per heavy atom. The summed E-state index contributed by atoms with van der Waals surface area (Å²) in [4.78, 5) is 0.184. The van der Waals surface area contributed by atoms with E-state index in [1.54, 1.807) is 18.2 Å². The molecule has 0 amide bonds. The van der Waals surface area contributed by atoms with E-state index in [1.807, 2.05) is 12.3 Å². The number of halogens is 3. The molecule has 0 bridgehead atoms. The number of nitrogens with zero attached hydrogens (tertiary/aromatic N) is 2. The second kappa shape index (κ2) is 7.66. The highest BCUT2D eigenvalue weighted by Gasteiger charge is 2.38. The molecule has 0 unspecified atom stereocenters. The number of hydrogen-bond acceptors (Lipinski definition) is 3. The van der Waals surface area contributed by atoms with E-state index in [-0.39, 0.29) is 30.4 Å². The zero-order valence-electron chi connectivity index (χ0n) is 14.9. The minimum absolute atomic E-state index is 0. The number of fused-ring (bicyclic) bond motifs is 1. The molecule has 2 saturated heterocycles. The molecule has 4 rings (SSSR count). The summed E-state index contributed by atoms with van der Waals surface area (Å²) in [5.74, 6) is -2.76. The molecule has 27 heavy (non-hydrogen) atoms. The molecule has 2 aromatic rings. The van der Waals surface area contributed by atoms with Gasteiger partial charge in [-0.15, -0.1) is 12.4 Å². The third-order valence-electron chi connectivity index (χ3n) is 5.49. The number of sulfonamides is 1. The number of hydrogen-bond donors (Lipinski definition) is 1. The smallest absolute Gasteiger partial charge is 0.250 e. The normalized spacial score (nSPS) is 21.9. The first-order valence-electron chi connectivity index (χ1n) is 9.06. The van der Waals surface area contributed by atoms with Crippen LogP contribution in [0.25, 0.3) is 10.9 Å². The summed E-state index contributed by atoms with van der Waals surface area (Å²) < 4.78 is 55.9. The van der Waals surface area contributed by atoms with Crippen LogP contribution >= 0.6 is 12.4 Å². The lowest BCUT2D eigenvalue weighted by atomic mass is 10.1. The second-order valence-corrected chi connectivity index (χ2v) is 9.12. The van der Waals surface area contributed by atoms with Crippen molar-refractivity contribution in [1.29, 1.82) is 0 Å². The van der Waals surface area contributed by atoms with Crippen LogP contribution in [0.1, 0.15) is 31.7 Å². The first-order valence-corrected chi connectivity index (χ1v) is 10.5. The lowest BCUT2D eigenvalue weighted by Crippen LogP contribution is -2.42. The van der Waals surface area contributed by atoms with Gasteiger partial charge < -0.3 is 9.88 Å². The minimum Gasteiger partial charge on any atom is -0.344 e. The highest BCUT2D eigenvalue weighted by molar-refractivity contribution is 7.89. The van der Waals surface area contributed by atoms with E-state index in [0.717, 1.165) is 36.8 Å².